The van der Waals surface area contributed by atoms with E-state index in [1.165, 1.54) is 0 Å². The molecule has 0 bridgehead atoms. The molecular weight excluding hydrogens is 174 g/mol. The van der Waals surface area contributed by atoms with Gasteiger partial charge in [0.05, 0.1) is 0 Å². The first-order valence-corrected chi connectivity index (χ1v) is 4.11. The Hall–Kier alpha value is -0.730. The van der Waals surface area contributed by atoms with Crippen molar-refractivity contribution in [3.63, 3.8) is 0 Å². The van der Waals surface area contributed by atoms with Gasteiger partial charge in [-0.25, -0.2) is 0 Å². The molecule has 0 amide bonds. The van der Waals surface area contributed by atoms with Crippen LogP contribution in [0.5, 0.6) is 0 Å². The maximum Gasteiger partial charge on any atom is 0.116 e. The lowest BCUT2D eigenvalue weighted by atomic mass is 10.2. The average molecular weight is 186 g/mol. The Bertz CT molecular complexity index is 263. The van der Waals surface area contributed by atoms with Crippen LogP contribution >= 0.6 is 11.6 Å². The molecule has 1 aromatic rings. The van der Waals surface area contributed by atoms with E-state index in [4.69, 9.17) is 16.3 Å². The highest BCUT2D eigenvalue weighted by atomic mass is 35.5. The van der Waals surface area contributed by atoms with Gasteiger partial charge in [0, 0.05) is 17.8 Å². The van der Waals surface area contributed by atoms with Crippen LogP contribution in [0.25, 0.3) is 0 Å². The number of hydrogen-bond acceptors (Lipinski definition) is 2. The largest absolute Gasteiger partial charge is 0.365 e. The molecule has 0 fully saturated rings. The van der Waals surface area contributed by atoms with Gasteiger partial charge in [0.25, 0.3) is 0 Å². The summed E-state index contributed by atoms with van der Waals surface area (Å²) in [5.41, 5.74) is 2.07. The Morgan fingerprint density at radius 3 is 2.92 bits per heavy atom. The molecule has 1 N–H and O–H groups in total. The Labute approximate surface area is 77.5 Å². The van der Waals surface area contributed by atoms with Crippen molar-refractivity contribution in [2.24, 2.45) is 0 Å². The second-order valence-corrected chi connectivity index (χ2v) is 2.93. The maximum absolute atomic E-state index is 5.91. The first-order valence-electron chi connectivity index (χ1n) is 3.73. The van der Waals surface area contributed by atoms with Gasteiger partial charge in [-0.3, -0.25) is 0 Å². The summed E-state index contributed by atoms with van der Waals surface area (Å²) >= 11 is 5.91. The summed E-state index contributed by atoms with van der Waals surface area (Å²) in [5.74, 6) is 0. The van der Waals surface area contributed by atoms with Gasteiger partial charge in [-0.15, -0.1) is 0 Å². The predicted molar refractivity (Wildman–Crippen MR) is 51.7 cm³/mol. The van der Waals surface area contributed by atoms with Gasteiger partial charge in [-0.2, -0.15) is 0 Å². The zero-order valence-corrected chi connectivity index (χ0v) is 7.98. The monoisotopic (exact) mass is 185 g/mol. The highest BCUT2D eigenvalue weighted by molar-refractivity contribution is 6.31. The molecule has 0 heterocycles. The number of halogens is 1. The van der Waals surface area contributed by atoms with E-state index in [1.807, 2.05) is 25.1 Å². The molecule has 0 unspecified atom stereocenters. The fourth-order valence-corrected chi connectivity index (χ4v) is 1.12. The van der Waals surface area contributed by atoms with Gasteiger partial charge >= 0.3 is 0 Å². The molecule has 2 nitrogen and oxygen atoms in total. The van der Waals surface area contributed by atoms with E-state index < -0.39 is 0 Å². The van der Waals surface area contributed by atoms with E-state index in [0.29, 0.717) is 6.73 Å². The van der Waals surface area contributed by atoms with Gasteiger partial charge in [-0.1, -0.05) is 17.7 Å². The summed E-state index contributed by atoms with van der Waals surface area (Å²) in [6.45, 7) is 2.47. The minimum absolute atomic E-state index is 0.501. The van der Waals surface area contributed by atoms with E-state index in [-0.39, 0.29) is 0 Å². The Morgan fingerprint density at radius 2 is 2.25 bits per heavy atom. The van der Waals surface area contributed by atoms with E-state index in [2.05, 4.69) is 5.32 Å². The number of hydrogen-bond donors (Lipinski definition) is 1. The first-order chi connectivity index (χ1) is 5.75. The van der Waals surface area contributed by atoms with Crippen LogP contribution < -0.4 is 5.32 Å². The highest BCUT2D eigenvalue weighted by Crippen LogP contribution is 2.22. The normalized spacial score (nSPS) is 9.92. The van der Waals surface area contributed by atoms with Crippen molar-refractivity contribution in [2.45, 2.75) is 6.92 Å². The fourth-order valence-electron chi connectivity index (χ4n) is 0.949. The second-order valence-electron chi connectivity index (χ2n) is 2.52. The molecule has 0 saturated carbocycles. The van der Waals surface area contributed by atoms with Crippen LogP contribution in [0.3, 0.4) is 0 Å². The topological polar surface area (TPSA) is 21.3 Å². The van der Waals surface area contributed by atoms with E-state index in [9.17, 15) is 0 Å². The number of benzene rings is 1. The fraction of sp³-hybridized carbons (Fsp3) is 0.333. The molecule has 0 saturated heterocycles. The van der Waals surface area contributed by atoms with Crippen LogP contribution in [0, 0.1) is 6.92 Å². The predicted octanol–water partition coefficient (Wildman–Crippen LogP) is 2.66. The molecule has 3 heteroatoms. The molecule has 66 valence electrons. The van der Waals surface area contributed by atoms with Crippen molar-refractivity contribution in [3.8, 4) is 0 Å². The lowest BCUT2D eigenvalue weighted by molar-refractivity contribution is 0.221. The SMILES string of the molecule is COCNc1cccc(Cl)c1C. The van der Waals surface area contributed by atoms with Crippen LogP contribution in [-0.2, 0) is 4.74 Å². The highest BCUT2D eigenvalue weighted by Gasteiger charge is 1.99. The molecule has 0 aliphatic rings. The minimum atomic E-state index is 0.501. The quantitative estimate of drug-likeness (QED) is 0.732. The van der Waals surface area contributed by atoms with Crippen LogP contribution in [0.4, 0.5) is 5.69 Å². The maximum atomic E-state index is 5.91. The molecule has 1 aromatic carbocycles. The molecule has 0 radical (unpaired) electrons. The second kappa shape index (κ2) is 4.33. The molecule has 0 spiro atoms. The first kappa shape index (κ1) is 9.36. The summed E-state index contributed by atoms with van der Waals surface area (Å²) in [7, 11) is 1.65. The standard InChI is InChI=1S/C9H12ClNO/c1-7-8(10)4-3-5-9(7)11-6-12-2/h3-5,11H,6H2,1-2H3. The van der Waals surface area contributed by atoms with E-state index in [1.54, 1.807) is 7.11 Å². The Kier molecular flexibility index (Phi) is 3.38. The Morgan fingerprint density at radius 1 is 1.50 bits per heavy atom. The molecular formula is C9H12ClNO. The lowest BCUT2D eigenvalue weighted by Crippen LogP contribution is -2.04. The lowest BCUT2D eigenvalue weighted by Gasteiger charge is -2.08. The summed E-state index contributed by atoms with van der Waals surface area (Å²) in [6.07, 6.45) is 0. The van der Waals surface area contributed by atoms with Crippen molar-refractivity contribution in [1.29, 1.82) is 0 Å². The summed E-state index contributed by atoms with van der Waals surface area (Å²) < 4.78 is 4.89. The Balaban J connectivity index is 2.78. The third kappa shape index (κ3) is 2.13. The zero-order chi connectivity index (χ0) is 8.97. The van der Waals surface area contributed by atoms with Crippen LogP contribution in [0.1, 0.15) is 5.56 Å². The number of anilines is 1. The number of rotatable bonds is 3. The molecule has 0 atom stereocenters. The number of methoxy groups -OCH3 is 1. The molecule has 0 aliphatic carbocycles. The van der Waals surface area contributed by atoms with Crippen molar-refractivity contribution >= 4 is 17.3 Å². The number of ether oxygens (including phenoxy) is 1. The van der Waals surface area contributed by atoms with Gasteiger partial charge in [0.1, 0.15) is 6.73 Å². The summed E-state index contributed by atoms with van der Waals surface area (Å²) in [6, 6.07) is 5.75. The smallest absolute Gasteiger partial charge is 0.116 e. The van der Waals surface area contributed by atoms with Gasteiger partial charge in [-0.05, 0) is 24.6 Å². The van der Waals surface area contributed by atoms with Gasteiger partial charge in [0.15, 0.2) is 0 Å². The van der Waals surface area contributed by atoms with Crippen LogP contribution in [0.15, 0.2) is 18.2 Å². The number of nitrogens with one attached hydrogen (secondary N) is 1. The summed E-state index contributed by atoms with van der Waals surface area (Å²) in [5, 5.41) is 3.87. The van der Waals surface area contributed by atoms with Crippen molar-refractivity contribution in [3.05, 3.63) is 28.8 Å². The van der Waals surface area contributed by atoms with Gasteiger partial charge < -0.3 is 10.1 Å². The van der Waals surface area contributed by atoms with Crippen molar-refractivity contribution in [2.75, 3.05) is 19.2 Å². The molecule has 12 heavy (non-hydrogen) atoms. The molecule has 1 rings (SSSR count). The third-order valence-electron chi connectivity index (χ3n) is 1.67. The van der Waals surface area contributed by atoms with Gasteiger partial charge in [0.2, 0.25) is 0 Å². The van der Waals surface area contributed by atoms with Crippen molar-refractivity contribution < 1.29 is 4.74 Å². The van der Waals surface area contributed by atoms with E-state index in [0.717, 1.165) is 16.3 Å². The van der Waals surface area contributed by atoms with E-state index >= 15 is 0 Å². The van der Waals surface area contributed by atoms with Crippen molar-refractivity contribution in [1.82, 2.24) is 0 Å². The zero-order valence-electron chi connectivity index (χ0n) is 7.23. The molecule has 0 aromatic heterocycles. The summed E-state index contributed by atoms with van der Waals surface area (Å²) in [4.78, 5) is 0. The average Bonchev–Trinajstić information content (AvgIpc) is 2.08. The van der Waals surface area contributed by atoms with Crippen LogP contribution in [0.2, 0.25) is 5.02 Å². The minimum Gasteiger partial charge on any atom is -0.365 e. The third-order valence-corrected chi connectivity index (χ3v) is 2.08. The van der Waals surface area contributed by atoms with Crippen LogP contribution in [-0.4, -0.2) is 13.8 Å². The molecule has 0 aliphatic heterocycles.